The minimum atomic E-state index is -4.06. The fraction of sp³-hybridized carbons (Fsp3) is 0.292. The van der Waals surface area contributed by atoms with Crippen molar-refractivity contribution in [1.82, 2.24) is 4.90 Å². The number of piperidine rings is 1. The fourth-order valence-electron chi connectivity index (χ4n) is 4.03. The summed E-state index contributed by atoms with van der Waals surface area (Å²) in [6.07, 6.45) is 1.90. The summed E-state index contributed by atoms with van der Waals surface area (Å²) in [6, 6.07) is 17.2. The van der Waals surface area contributed by atoms with Crippen molar-refractivity contribution in [3.63, 3.8) is 0 Å². The summed E-state index contributed by atoms with van der Waals surface area (Å²) in [5.74, 6) is 0.539. The van der Waals surface area contributed by atoms with Crippen LogP contribution in [-0.2, 0) is 9.84 Å². The molecule has 1 aliphatic rings. The minimum absolute atomic E-state index is 0.0723. The van der Waals surface area contributed by atoms with Crippen molar-refractivity contribution in [3.8, 4) is 5.75 Å². The Hall–Kier alpha value is -2.90. The fourth-order valence-corrected chi connectivity index (χ4v) is 5.45. The first kappa shape index (κ1) is 21.3. The molecule has 0 radical (unpaired) electrons. The van der Waals surface area contributed by atoms with E-state index in [1.165, 1.54) is 6.07 Å². The van der Waals surface area contributed by atoms with Gasteiger partial charge in [-0.05, 0) is 49.0 Å². The van der Waals surface area contributed by atoms with Crippen LogP contribution in [-0.4, -0.2) is 44.1 Å². The van der Waals surface area contributed by atoms with E-state index in [0.717, 1.165) is 37.9 Å². The van der Waals surface area contributed by atoms with Gasteiger partial charge >= 0.3 is 0 Å². The number of nitrogens with two attached hydrogens (primary N) is 1. The van der Waals surface area contributed by atoms with Crippen molar-refractivity contribution in [2.24, 2.45) is 0 Å². The average molecular weight is 438 g/mol. The highest BCUT2D eigenvalue weighted by atomic mass is 32.2. The van der Waals surface area contributed by atoms with Crippen LogP contribution < -0.4 is 10.5 Å². The van der Waals surface area contributed by atoms with Crippen molar-refractivity contribution in [1.29, 1.82) is 5.41 Å². The van der Waals surface area contributed by atoms with Gasteiger partial charge in [0, 0.05) is 29.7 Å². The molecule has 7 heteroatoms. The molecule has 0 saturated carbocycles. The van der Waals surface area contributed by atoms with Crippen molar-refractivity contribution in [2.45, 2.75) is 30.8 Å². The van der Waals surface area contributed by atoms with Gasteiger partial charge < -0.3 is 15.4 Å². The normalized spacial score (nSPS) is 15.8. The van der Waals surface area contributed by atoms with Gasteiger partial charge in [0.15, 0.2) is 5.04 Å². The van der Waals surface area contributed by atoms with Crippen molar-refractivity contribution >= 4 is 31.3 Å². The Labute approximate surface area is 183 Å². The van der Waals surface area contributed by atoms with E-state index in [2.05, 4.69) is 11.8 Å². The van der Waals surface area contributed by atoms with E-state index in [0.29, 0.717) is 11.1 Å². The van der Waals surface area contributed by atoms with Gasteiger partial charge in [-0.1, -0.05) is 43.3 Å². The molecular formula is C24H27N3O3S. The summed E-state index contributed by atoms with van der Waals surface area (Å²) in [5, 5.41) is 9.39. The quantitative estimate of drug-likeness (QED) is 0.356. The lowest BCUT2D eigenvalue weighted by atomic mass is 10.1. The molecular weight excluding hydrogens is 410 g/mol. The zero-order valence-electron chi connectivity index (χ0n) is 17.5. The number of hydrogen-bond acceptors (Lipinski definition) is 6. The van der Waals surface area contributed by atoms with Gasteiger partial charge in [-0.3, -0.25) is 5.41 Å². The first-order valence-electron chi connectivity index (χ1n) is 10.5. The molecule has 3 aromatic rings. The Morgan fingerprint density at radius 2 is 1.81 bits per heavy atom. The first-order valence-corrected chi connectivity index (χ1v) is 12.0. The molecule has 0 atom stereocenters. The number of nitrogen functional groups attached to an aromatic ring is 1. The molecule has 1 fully saturated rings. The number of anilines is 1. The van der Waals surface area contributed by atoms with Gasteiger partial charge in [0.2, 0.25) is 9.84 Å². The number of ether oxygens (including phenoxy) is 1. The maximum Gasteiger partial charge on any atom is 0.224 e. The number of nitrogens with zero attached hydrogens (tertiary/aromatic N) is 1. The Bertz CT molecular complexity index is 1210. The van der Waals surface area contributed by atoms with Crippen molar-refractivity contribution < 1.29 is 13.2 Å². The molecule has 4 rings (SSSR count). The highest BCUT2D eigenvalue weighted by Crippen LogP contribution is 2.29. The lowest BCUT2D eigenvalue weighted by Gasteiger charge is -2.31. The van der Waals surface area contributed by atoms with Crippen LogP contribution in [0.2, 0.25) is 0 Å². The molecule has 6 nitrogen and oxygen atoms in total. The molecule has 0 aromatic heterocycles. The summed E-state index contributed by atoms with van der Waals surface area (Å²) in [5.41, 5.74) is 6.48. The van der Waals surface area contributed by atoms with Gasteiger partial charge in [0.25, 0.3) is 0 Å². The molecule has 3 N–H and O–H groups in total. The highest BCUT2D eigenvalue weighted by molar-refractivity contribution is 8.07. The largest absolute Gasteiger partial charge is 0.490 e. The van der Waals surface area contributed by atoms with Gasteiger partial charge in [0.05, 0.1) is 4.90 Å². The second kappa shape index (κ2) is 8.69. The molecule has 0 amide bonds. The maximum absolute atomic E-state index is 13.3. The number of sulfone groups is 1. The Kier molecular flexibility index (Phi) is 5.98. The second-order valence-corrected chi connectivity index (χ2v) is 9.67. The SMILES string of the molecule is CCN1CCC(Oc2ccc(N)c(C(=N)S(=O)(=O)c3cccc4ccccc34)c2)CC1. The lowest BCUT2D eigenvalue weighted by molar-refractivity contribution is 0.104. The van der Waals surface area contributed by atoms with Crippen LogP contribution in [0.5, 0.6) is 5.75 Å². The molecule has 162 valence electrons. The predicted molar refractivity (Wildman–Crippen MR) is 125 cm³/mol. The Morgan fingerprint density at radius 1 is 1.10 bits per heavy atom. The van der Waals surface area contributed by atoms with E-state index in [-0.39, 0.29) is 22.3 Å². The summed E-state index contributed by atoms with van der Waals surface area (Å²) < 4.78 is 32.8. The highest BCUT2D eigenvalue weighted by Gasteiger charge is 2.27. The Balaban J connectivity index is 1.63. The molecule has 3 aromatic carbocycles. The molecule has 31 heavy (non-hydrogen) atoms. The molecule has 1 saturated heterocycles. The lowest BCUT2D eigenvalue weighted by Crippen LogP contribution is -2.38. The van der Waals surface area contributed by atoms with Gasteiger partial charge in [0.1, 0.15) is 11.9 Å². The topological polar surface area (TPSA) is 96.5 Å². The number of benzene rings is 3. The van der Waals surface area contributed by atoms with Gasteiger partial charge in [-0.25, -0.2) is 8.42 Å². The van der Waals surface area contributed by atoms with Gasteiger partial charge in [-0.15, -0.1) is 0 Å². The molecule has 0 bridgehead atoms. The average Bonchev–Trinajstić information content (AvgIpc) is 2.80. The predicted octanol–water partition coefficient (Wildman–Crippen LogP) is 4.08. The third kappa shape index (κ3) is 4.29. The van der Waals surface area contributed by atoms with Crippen molar-refractivity contribution in [3.05, 3.63) is 66.2 Å². The molecule has 1 aliphatic heterocycles. The van der Waals surface area contributed by atoms with E-state index in [9.17, 15) is 8.42 Å². The number of rotatable bonds is 5. The molecule has 1 heterocycles. The third-order valence-electron chi connectivity index (χ3n) is 5.86. The molecule has 0 aliphatic carbocycles. The van der Waals surface area contributed by atoms with Crippen LogP contribution >= 0.6 is 0 Å². The minimum Gasteiger partial charge on any atom is -0.490 e. The van der Waals surface area contributed by atoms with Crippen LogP contribution in [0.4, 0.5) is 5.69 Å². The van der Waals surface area contributed by atoms with E-state index in [1.807, 2.05) is 18.2 Å². The van der Waals surface area contributed by atoms with E-state index >= 15 is 0 Å². The standard InChI is InChI=1S/C24H27N3O3S/c1-2-27-14-12-18(13-15-27)30-19-10-11-22(25)21(16-19)24(26)31(28,29)23-9-5-7-17-6-3-4-8-20(17)23/h3-11,16,18,26H,2,12-15,25H2,1H3. The van der Waals surface area contributed by atoms with Crippen LogP contribution in [0, 0.1) is 5.41 Å². The van der Waals surface area contributed by atoms with Crippen LogP contribution in [0.15, 0.2) is 65.6 Å². The van der Waals surface area contributed by atoms with Crippen LogP contribution in [0.1, 0.15) is 25.3 Å². The van der Waals surface area contributed by atoms with Crippen LogP contribution in [0.25, 0.3) is 10.8 Å². The smallest absolute Gasteiger partial charge is 0.224 e. The summed E-state index contributed by atoms with van der Waals surface area (Å²) in [4.78, 5) is 2.48. The number of fused-ring (bicyclic) bond motifs is 1. The Morgan fingerprint density at radius 3 is 2.55 bits per heavy atom. The summed E-state index contributed by atoms with van der Waals surface area (Å²) >= 11 is 0. The van der Waals surface area contributed by atoms with E-state index in [1.54, 1.807) is 36.4 Å². The summed E-state index contributed by atoms with van der Waals surface area (Å²) in [6.45, 7) is 5.14. The zero-order chi connectivity index (χ0) is 22.0. The molecule has 0 unspecified atom stereocenters. The van der Waals surface area contributed by atoms with Crippen LogP contribution in [0.3, 0.4) is 0 Å². The van der Waals surface area contributed by atoms with Crippen molar-refractivity contribution in [2.75, 3.05) is 25.4 Å². The van der Waals surface area contributed by atoms with E-state index < -0.39 is 14.9 Å². The van der Waals surface area contributed by atoms with E-state index in [4.69, 9.17) is 15.9 Å². The third-order valence-corrected chi connectivity index (χ3v) is 7.55. The summed E-state index contributed by atoms with van der Waals surface area (Å²) in [7, 11) is -4.06. The first-order chi connectivity index (χ1) is 14.9. The number of hydrogen-bond donors (Lipinski definition) is 2. The second-order valence-electron chi connectivity index (χ2n) is 7.81. The number of nitrogens with one attached hydrogen (secondary N) is 1. The van der Waals surface area contributed by atoms with Gasteiger partial charge in [-0.2, -0.15) is 0 Å². The zero-order valence-corrected chi connectivity index (χ0v) is 18.4. The molecule has 0 spiro atoms. The monoisotopic (exact) mass is 437 g/mol. The number of likely N-dealkylation sites (tertiary alicyclic amines) is 1. The maximum atomic E-state index is 13.3.